The number of nitrogen functional groups attached to an aromatic ring is 1. The molecule has 0 bridgehead atoms. The van der Waals surface area contributed by atoms with Crippen LogP contribution in [0.5, 0.6) is 0 Å². The molecular formula is C13H13N7O2. The monoisotopic (exact) mass is 299 g/mol. The summed E-state index contributed by atoms with van der Waals surface area (Å²) in [6.07, 6.45) is 4.37. The summed E-state index contributed by atoms with van der Waals surface area (Å²) in [5.41, 5.74) is 12.1. The molecule has 0 aromatic carbocycles. The molecule has 0 radical (unpaired) electrons. The van der Waals surface area contributed by atoms with Crippen LogP contribution in [0, 0.1) is 0 Å². The Morgan fingerprint density at radius 2 is 1.95 bits per heavy atom. The third kappa shape index (κ3) is 3.20. The topological polar surface area (TPSA) is 154 Å². The van der Waals surface area contributed by atoms with Crippen LogP contribution in [0.25, 0.3) is 11.2 Å². The summed E-state index contributed by atoms with van der Waals surface area (Å²) in [6.45, 7) is 1.34. The van der Waals surface area contributed by atoms with Crippen LogP contribution < -0.4 is 11.5 Å². The zero-order chi connectivity index (χ0) is 16.1. The highest BCUT2D eigenvalue weighted by atomic mass is 16.1. The predicted octanol–water partition coefficient (Wildman–Crippen LogP) is 0.318. The number of aromatic nitrogens is 5. The molecule has 0 spiro atoms. The van der Waals surface area contributed by atoms with E-state index in [-0.39, 0.29) is 17.0 Å². The summed E-state index contributed by atoms with van der Waals surface area (Å²) in [4.78, 5) is 39.8. The van der Waals surface area contributed by atoms with E-state index in [1.165, 1.54) is 31.8 Å². The second-order valence-corrected chi connectivity index (χ2v) is 4.18. The number of anilines is 1. The lowest BCUT2D eigenvalue weighted by atomic mass is 10.1. The van der Waals surface area contributed by atoms with Crippen LogP contribution in [0.3, 0.4) is 0 Å². The molecule has 9 heteroatoms. The number of carbonyl (C=O) groups excluding carboxylic acids is 2. The average Bonchev–Trinajstić information content (AvgIpc) is 2.98. The summed E-state index contributed by atoms with van der Waals surface area (Å²) in [5.74, 6) is -0.458. The first kappa shape index (κ1) is 15.0. The van der Waals surface area contributed by atoms with Crippen LogP contribution in [0.15, 0.2) is 31.0 Å². The molecule has 3 aromatic heterocycles. The number of nitrogens with one attached hydrogen (secondary N) is 1. The van der Waals surface area contributed by atoms with Crippen molar-refractivity contribution in [2.24, 2.45) is 5.73 Å². The number of rotatable bonds is 2. The number of H-pyrrole nitrogens is 1. The molecule has 0 aliphatic carbocycles. The zero-order valence-electron chi connectivity index (χ0n) is 11.6. The van der Waals surface area contributed by atoms with E-state index in [4.69, 9.17) is 11.5 Å². The summed E-state index contributed by atoms with van der Waals surface area (Å²) in [6, 6.07) is 3.04. The number of primary amides is 1. The number of imidazole rings is 1. The molecular weight excluding hydrogens is 286 g/mol. The molecule has 0 atom stereocenters. The molecule has 3 rings (SSSR count). The fraction of sp³-hybridized carbons (Fsp3) is 0.0769. The van der Waals surface area contributed by atoms with Crippen LogP contribution in [-0.4, -0.2) is 36.6 Å². The summed E-state index contributed by atoms with van der Waals surface area (Å²) in [7, 11) is 0. The molecule has 0 aliphatic heterocycles. The number of ketones is 1. The van der Waals surface area contributed by atoms with Crippen LogP contribution in [0.4, 0.5) is 5.82 Å². The van der Waals surface area contributed by atoms with Gasteiger partial charge in [0, 0.05) is 13.1 Å². The van der Waals surface area contributed by atoms with E-state index in [1.807, 2.05) is 0 Å². The number of nitrogens with two attached hydrogens (primary N) is 2. The maximum atomic E-state index is 10.9. The first-order valence-electron chi connectivity index (χ1n) is 6.16. The van der Waals surface area contributed by atoms with Gasteiger partial charge in [0.1, 0.15) is 17.5 Å². The van der Waals surface area contributed by atoms with E-state index in [0.29, 0.717) is 17.0 Å². The van der Waals surface area contributed by atoms with E-state index in [2.05, 4.69) is 24.9 Å². The van der Waals surface area contributed by atoms with Gasteiger partial charge >= 0.3 is 0 Å². The highest BCUT2D eigenvalue weighted by molar-refractivity contribution is 6.05. The van der Waals surface area contributed by atoms with Crippen molar-refractivity contribution >= 4 is 28.7 Å². The fourth-order valence-corrected chi connectivity index (χ4v) is 1.67. The quantitative estimate of drug-likeness (QED) is 0.575. The van der Waals surface area contributed by atoms with Crippen LogP contribution >= 0.6 is 0 Å². The van der Waals surface area contributed by atoms with Gasteiger partial charge < -0.3 is 16.5 Å². The van der Waals surface area contributed by atoms with E-state index < -0.39 is 5.91 Å². The van der Waals surface area contributed by atoms with E-state index in [9.17, 15) is 9.59 Å². The predicted molar refractivity (Wildman–Crippen MR) is 78.9 cm³/mol. The Hall–Kier alpha value is -3.36. The van der Waals surface area contributed by atoms with Gasteiger partial charge in [0.05, 0.1) is 11.9 Å². The van der Waals surface area contributed by atoms with Crippen LogP contribution in [0.2, 0.25) is 0 Å². The standard InChI is InChI=1S/C8H8N2O2.C5H5N5/c1-5(11)7-6(8(9)12)3-2-4-10-7;6-4-3-5(9-1-7-3)10-2-8-4/h2-4H,1H3,(H2,9,12);1-2H,(H3,6,7,8,9,10). The molecule has 112 valence electrons. The van der Waals surface area contributed by atoms with Crippen molar-refractivity contribution in [3.8, 4) is 0 Å². The Balaban J connectivity index is 0.000000162. The molecule has 0 saturated heterocycles. The molecule has 3 heterocycles. The van der Waals surface area contributed by atoms with Gasteiger partial charge in [-0.25, -0.2) is 15.0 Å². The Morgan fingerprint density at radius 1 is 1.18 bits per heavy atom. The number of amides is 1. The van der Waals surface area contributed by atoms with Gasteiger partial charge in [-0.1, -0.05) is 0 Å². The van der Waals surface area contributed by atoms with Gasteiger partial charge in [-0.15, -0.1) is 0 Å². The second-order valence-electron chi connectivity index (χ2n) is 4.18. The SMILES string of the molecule is CC(=O)c1ncccc1C(N)=O.Nc1ncnc2nc[nH]c12. The number of aromatic amines is 1. The molecule has 9 nitrogen and oxygen atoms in total. The van der Waals surface area contributed by atoms with Gasteiger partial charge in [0.2, 0.25) is 0 Å². The average molecular weight is 299 g/mol. The van der Waals surface area contributed by atoms with Crippen molar-refractivity contribution in [2.75, 3.05) is 5.73 Å². The lowest BCUT2D eigenvalue weighted by molar-refractivity contribution is 0.0970. The minimum atomic E-state index is -0.631. The fourth-order valence-electron chi connectivity index (χ4n) is 1.67. The van der Waals surface area contributed by atoms with E-state index in [0.717, 1.165) is 0 Å². The third-order valence-corrected chi connectivity index (χ3v) is 2.66. The first-order chi connectivity index (χ1) is 10.5. The number of pyridine rings is 1. The molecule has 22 heavy (non-hydrogen) atoms. The molecule has 0 fully saturated rings. The molecule has 1 amide bonds. The van der Waals surface area contributed by atoms with E-state index >= 15 is 0 Å². The van der Waals surface area contributed by atoms with Crippen molar-refractivity contribution in [1.29, 1.82) is 0 Å². The van der Waals surface area contributed by atoms with Gasteiger partial charge in [-0.05, 0) is 12.1 Å². The van der Waals surface area contributed by atoms with Gasteiger partial charge in [-0.2, -0.15) is 0 Å². The largest absolute Gasteiger partial charge is 0.382 e. The highest BCUT2D eigenvalue weighted by Crippen LogP contribution is 2.09. The second kappa shape index (κ2) is 6.39. The lowest BCUT2D eigenvalue weighted by Crippen LogP contribution is -2.16. The summed E-state index contributed by atoms with van der Waals surface area (Å²) >= 11 is 0. The smallest absolute Gasteiger partial charge is 0.251 e. The number of nitrogens with zero attached hydrogens (tertiary/aromatic N) is 4. The number of hydrogen-bond donors (Lipinski definition) is 3. The third-order valence-electron chi connectivity index (χ3n) is 2.66. The van der Waals surface area contributed by atoms with Crippen molar-refractivity contribution in [1.82, 2.24) is 24.9 Å². The zero-order valence-corrected chi connectivity index (χ0v) is 11.6. The van der Waals surface area contributed by atoms with Gasteiger partial charge in [0.15, 0.2) is 17.2 Å². The molecule has 0 aliphatic rings. The Morgan fingerprint density at radius 3 is 2.55 bits per heavy atom. The number of fused-ring (bicyclic) bond motifs is 1. The first-order valence-corrected chi connectivity index (χ1v) is 6.16. The van der Waals surface area contributed by atoms with Crippen molar-refractivity contribution in [3.05, 3.63) is 42.2 Å². The molecule has 3 aromatic rings. The summed E-state index contributed by atoms with van der Waals surface area (Å²) in [5, 5.41) is 0. The van der Waals surface area contributed by atoms with Crippen molar-refractivity contribution < 1.29 is 9.59 Å². The lowest BCUT2D eigenvalue weighted by Gasteiger charge is -1.99. The van der Waals surface area contributed by atoms with Crippen LogP contribution in [0.1, 0.15) is 27.8 Å². The Labute approximate surface area is 124 Å². The maximum absolute atomic E-state index is 10.9. The van der Waals surface area contributed by atoms with Gasteiger partial charge in [-0.3, -0.25) is 14.6 Å². The van der Waals surface area contributed by atoms with Gasteiger partial charge in [0.25, 0.3) is 5.91 Å². The number of hydrogen-bond acceptors (Lipinski definition) is 7. The minimum absolute atomic E-state index is 0.130. The molecule has 0 saturated carbocycles. The van der Waals surface area contributed by atoms with Crippen molar-refractivity contribution in [2.45, 2.75) is 6.92 Å². The van der Waals surface area contributed by atoms with Crippen molar-refractivity contribution in [3.63, 3.8) is 0 Å². The molecule has 5 N–H and O–H groups in total. The maximum Gasteiger partial charge on any atom is 0.251 e. The number of carbonyl (C=O) groups is 2. The number of Topliss-reactive ketones (excluding diaryl/α,β-unsaturated/α-hetero) is 1. The highest BCUT2D eigenvalue weighted by Gasteiger charge is 2.11. The normalized spacial score (nSPS) is 9.86. The van der Waals surface area contributed by atoms with Crippen LogP contribution in [-0.2, 0) is 0 Å². The Kier molecular flexibility index (Phi) is 4.37. The minimum Gasteiger partial charge on any atom is -0.382 e. The molecule has 0 unspecified atom stereocenters. The summed E-state index contributed by atoms with van der Waals surface area (Å²) < 4.78 is 0. The Bertz CT molecular complexity index is 795. The van der Waals surface area contributed by atoms with E-state index in [1.54, 1.807) is 6.07 Å².